The second-order valence-electron chi connectivity index (χ2n) is 5.17. The maximum absolute atomic E-state index is 13.5. The summed E-state index contributed by atoms with van der Waals surface area (Å²) >= 11 is 0. The molecule has 0 saturated carbocycles. The molecule has 0 aliphatic rings. The summed E-state index contributed by atoms with van der Waals surface area (Å²) < 4.78 is 18.3. The molecule has 1 aromatic carbocycles. The Hall–Kier alpha value is -2.11. The van der Waals surface area contributed by atoms with Gasteiger partial charge in [0.2, 0.25) is 11.8 Å². The zero-order valence-corrected chi connectivity index (χ0v) is 11.8. The average Bonchev–Trinajstić information content (AvgIpc) is 2.36. The third-order valence-electron chi connectivity index (χ3n) is 2.98. The van der Waals surface area contributed by atoms with E-state index in [4.69, 9.17) is 10.5 Å². The zero-order valence-electron chi connectivity index (χ0n) is 11.8. The summed E-state index contributed by atoms with van der Waals surface area (Å²) in [5, 5.41) is 2.61. The highest BCUT2D eigenvalue weighted by atomic mass is 19.1. The number of rotatable bonds is 6. The van der Waals surface area contributed by atoms with E-state index < -0.39 is 17.1 Å². The quantitative estimate of drug-likeness (QED) is 0.817. The van der Waals surface area contributed by atoms with Crippen molar-refractivity contribution in [1.29, 1.82) is 0 Å². The summed E-state index contributed by atoms with van der Waals surface area (Å²) in [7, 11) is 1.37. The van der Waals surface area contributed by atoms with E-state index in [1.165, 1.54) is 19.2 Å². The number of nitrogens with two attached hydrogens (primary N) is 1. The minimum Gasteiger partial charge on any atom is -0.494 e. The van der Waals surface area contributed by atoms with Crippen LogP contribution in [-0.4, -0.2) is 25.5 Å². The van der Waals surface area contributed by atoms with Crippen LogP contribution in [0.25, 0.3) is 0 Å². The maximum Gasteiger partial charge on any atom is 0.224 e. The van der Waals surface area contributed by atoms with Crippen molar-refractivity contribution in [2.45, 2.75) is 20.3 Å². The number of nitrogens with one attached hydrogen (secondary N) is 1. The molecule has 1 rings (SSSR count). The number of primary amides is 1. The van der Waals surface area contributed by atoms with Crippen LogP contribution in [0.3, 0.4) is 0 Å². The van der Waals surface area contributed by atoms with Gasteiger partial charge in [0.1, 0.15) is 0 Å². The Kier molecular flexibility index (Phi) is 5.07. The Morgan fingerprint density at radius 2 is 2.05 bits per heavy atom. The second kappa shape index (κ2) is 6.36. The second-order valence-corrected chi connectivity index (χ2v) is 5.17. The molecule has 0 aromatic heterocycles. The van der Waals surface area contributed by atoms with E-state index in [9.17, 15) is 14.0 Å². The molecule has 0 spiro atoms. The molecule has 0 unspecified atom stereocenters. The molecule has 5 nitrogen and oxygen atoms in total. The van der Waals surface area contributed by atoms with E-state index in [1.807, 2.05) is 0 Å². The first-order chi connectivity index (χ1) is 9.26. The van der Waals surface area contributed by atoms with Crippen LogP contribution in [0.5, 0.6) is 5.75 Å². The first-order valence-electron chi connectivity index (χ1n) is 6.15. The number of carbonyl (C=O) groups is 2. The lowest BCUT2D eigenvalue weighted by atomic mass is 9.92. The van der Waals surface area contributed by atoms with Crippen LogP contribution in [-0.2, 0) is 16.0 Å². The summed E-state index contributed by atoms with van der Waals surface area (Å²) in [6.07, 6.45) is 0.0236. The number of hydrogen-bond donors (Lipinski definition) is 2. The average molecular weight is 282 g/mol. The van der Waals surface area contributed by atoms with Crippen LogP contribution in [0.2, 0.25) is 0 Å². The first kappa shape index (κ1) is 15.9. The van der Waals surface area contributed by atoms with Gasteiger partial charge in [-0.2, -0.15) is 0 Å². The minimum absolute atomic E-state index is 0.0236. The Morgan fingerprint density at radius 3 is 2.55 bits per heavy atom. The Labute approximate surface area is 117 Å². The van der Waals surface area contributed by atoms with Crippen LogP contribution < -0.4 is 15.8 Å². The highest BCUT2D eigenvalue weighted by Gasteiger charge is 2.25. The lowest BCUT2D eigenvalue weighted by Gasteiger charge is -2.20. The van der Waals surface area contributed by atoms with Gasteiger partial charge in [-0.15, -0.1) is 0 Å². The first-order valence-corrected chi connectivity index (χ1v) is 6.15. The number of methoxy groups -OCH3 is 1. The van der Waals surface area contributed by atoms with Crippen molar-refractivity contribution < 1.29 is 18.7 Å². The van der Waals surface area contributed by atoms with Gasteiger partial charge in [0.25, 0.3) is 0 Å². The maximum atomic E-state index is 13.5. The van der Waals surface area contributed by atoms with E-state index in [2.05, 4.69) is 5.32 Å². The molecular formula is C14H19FN2O3. The molecule has 0 aliphatic heterocycles. The number of halogens is 1. The summed E-state index contributed by atoms with van der Waals surface area (Å²) in [4.78, 5) is 22.8. The smallest absolute Gasteiger partial charge is 0.224 e. The Balaban J connectivity index is 2.59. The third-order valence-corrected chi connectivity index (χ3v) is 2.98. The summed E-state index contributed by atoms with van der Waals surface area (Å²) in [5.74, 6) is -1.18. The van der Waals surface area contributed by atoms with E-state index in [1.54, 1.807) is 19.9 Å². The molecule has 6 heteroatoms. The van der Waals surface area contributed by atoms with E-state index in [0.717, 1.165) is 0 Å². The molecule has 110 valence electrons. The predicted octanol–water partition coefficient (Wildman–Crippen LogP) is 1.00. The van der Waals surface area contributed by atoms with Gasteiger partial charge in [0.05, 0.1) is 18.9 Å². The fourth-order valence-electron chi connectivity index (χ4n) is 1.47. The van der Waals surface area contributed by atoms with E-state index in [-0.39, 0.29) is 24.6 Å². The van der Waals surface area contributed by atoms with Crippen molar-refractivity contribution in [2.24, 2.45) is 11.1 Å². The van der Waals surface area contributed by atoms with Crippen molar-refractivity contribution in [3.05, 3.63) is 29.6 Å². The molecule has 0 aliphatic carbocycles. The molecular weight excluding hydrogens is 263 g/mol. The van der Waals surface area contributed by atoms with Gasteiger partial charge in [-0.3, -0.25) is 9.59 Å². The molecule has 0 heterocycles. The normalized spacial score (nSPS) is 11.0. The van der Waals surface area contributed by atoms with Gasteiger partial charge >= 0.3 is 0 Å². The van der Waals surface area contributed by atoms with Crippen LogP contribution in [0.4, 0.5) is 4.39 Å². The lowest BCUT2D eigenvalue weighted by Crippen LogP contribution is -2.42. The fraction of sp³-hybridized carbons (Fsp3) is 0.429. The minimum atomic E-state index is -0.819. The topological polar surface area (TPSA) is 81.4 Å². The largest absolute Gasteiger partial charge is 0.494 e. The standard InChI is InChI=1S/C14H19FN2O3/c1-14(2,13(16)19)8-17-12(18)7-9-4-5-11(20-3)10(15)6-9/h4-6H,7-8H2,1-3H3,(H2,16,19)(H,17,18). The van der Waals surface area contributed by atoms with Crippen molar-refractivity contribution in [2.75, 3.05) is 13.7 Å². The predicted molar refractivity (Wildman–Crippen MR) is 72.6 cm³/mol. The summed E-state index contributed by atoms with van der Waals surface area (Å²) in [5.41, 5.74) is 4.91. The van der Waals surface area contributed by atoms with Crippen molar-refractivity contribution in [1.82, 2.24) is 5.32 Å². The highest BCUT2D eigenvalue weighted by molar-refractivity contribution is 5.82. The zero-order chi connectivity index (χ0) is 15.3. The Morgan fingerprint density at radius 1 is 1.40 bits per heavy atom. The van der Waals surface area contributed by atoms with Crippen molar-refractivity contribution >= 4 is 11.8 Å². The van der Waals surface area contributed by atoms with Gasteiger partial charge in [0.15, 0.2) is 11.6 Å². The summed E-state index contributed by atoms with van der Waals surface area (Å²) in [6, 6.07) is 4.32. The molecule has 0 radical (unpaired) electrons. The van der Waals surface area contributed by atoms with Gasteiger partial charge < -0.3 is 15.8 Å². The highest BCUT2D eigenvalue weighted by Crippen LogP contribution is 2.18. The van der Waals surface area contributed by atoms with Gasteiger partial charge in [0, 0.05) is 6.54 Å². The number of benzene rings is 1. The van der Waals surface area contributed by atoms with Gasteiger partial charge in [-0.1, -0.05) is 6.07 Å². The monoisotopic (exact) mass is 282 g/mol. The fourth-order valence-corrected chi connectivity index (χ4v) is 1.47. The van der Waals surface area contributed by atoms with Gasteiger partial charge in [-0.25, -0.2) is 4.39 Å². The molecule has 1 aromatic rings. The van der Waals surface area contributed by atoms with Crippen molar-refractivity contribution in [3.8, 4) is 5.75 Å². The van der Waals surface area contributed by atoms with Crippen LogP contribution >= 0.6 is 0 Å². The SMILES string of the molecule is COc1ccc(CC(=O)NCC(C)(C)C(N)=O)cc1F. The van der Waals surface area contributed by atoms with Crippen LogP contribution in [0.15, 0.2) is 18.2 Å². The molecule has 0 saturated heterocycles. The molecule has 20 heavy (non-hydrogen) atoms. The number of carbonyl (C=O) groups excluding carboxylic acids is 2. The molecule has 2 amide bonds. The molecule has 0 fully saturated rings. The summed E-state index contributed by atoms with van der Waals surface area (Å²) in [6.45, 7) is 3.42. The number of amides is 2. The van der Waals surface area contributed by atoms with E-state index in [0.29, 0.717) is 5.56 Å². The van der Waals surface area contributed by atoms with Crippen LogP contribution in [0.1, 0.15) is 19.4 Å². The molecule has 0 atom stereocenters. The number of hydrogen-bond acceptors (Lipinski definition) is 3. The molecule has 3 N–H and O–H groups in total. The van der Waals surface area contributed by atoms with Crippen LogP contribution in [0, 0.1) is 11.2 Å². The number of ether oxygens (including phenoxy) is 1. The van der Waals surface area contributed by atoms with E-state index >= 15 is 0 Å². The van der Waals surface area contributed by atoms with Gasteiger partial charge in [-0.05, 0) is 31.5 Å². The lowest BCUT2D eigenvalue weighted by molar-refractivity contribution is -0.126. The Bertz CT molecular complexity index is 515. The molecule has 0 bridgehead atoms. The third kappa shape index (κ3) is 4.22. The van der Waals surface area contributed by atoms with Crippen molar-refractivity contribution in [3.63, 3.8) is 0 Å².